The minimum absolute atomic E-state index is 0.0561. The zero-order valence-corrected chi connectivity index (χ0v) is 20.8. The summed E-state index contributed by atoms with van der Waals surface area (Å²) in [5.74, 6) is -0.330. The van der Waals surface area contributed by atoms with Crippen LogP contribution in [0.15, 0.2) is 71.9 Å². The van der Waals surface area contributed by atoms with E-state index in [2.05, 4.69) is 25.3 Å². The molecule has 1 unspecified atom stereocenters. The molecule has 1 N–H and O–H groups in total. The number of nitrogens with zero attached hydrogens (tertiary/aromatic N) is 5. The maximum Gasteiger partial charge on any atom is 0.233 e. The van der Waals surface area contributed by atoms with E-state index in [4.69, 9.17) is 11.6 Å². The van der Waals surface area contributed by atoms with Gasteiger partial charge in [-0.1, -0.05) is 29.8 Å². The number of aromatic nitrogens is 5. The Morgan fingerprint density at radius 3 is 2.78 bits per heavy atom. The number of carbonyl (C=O) groups excluding carboxylic acids is 2. The van der Waals surface area contributed by atoms with E-state index in [0.29, 0.717) is 34.4 Å². The number of ketones is 1. The van der Waals surface area contributed by atoms with Crippen molar-refractivity contribution in [2.75, 3.05) is 5.32 Å². The van der Waals surface area contributed by atoms with Crippen molar-refractivity contribution in [2.45, 2.75) is 25.8 Å². The highest BCUT2D eigenvalue weighted by Crippen LogP contribution is 2.25. The molecule has 1 atom stereocenters. The van der Waals surface area contributed by atoms with Crippen LogP contribution in [0.2, 0.25) is 5.02 Å². The van der Waals surface area contributed by atoms with Crippen molar-refractivity contribution >= 4 is 51.6 Å². The molecular weight excluding hydrogens is 496 g/mol. The van der Waals surface area contributed by atoms with Crippen molar-refractivity contribution in [3.8, 4) is 0 Å². The molecule has 2 aromatic carbocycles. The lowest BCUT2D eigenvalue weighted by Gasteiger charge is -2.14. The molecular formula is C26H21ClN6O2S. The van der Waals surface area contributed by atoms with Crippen LogP contribution in [-0.2, 0) is 17.8 Å². The summed E-state index contributed by atoms with van der Waals surface area (Å²) in [5, 5.41) is 5.28. The number of hydrogen-bond acceptors (Lipinski definition) is 7. The molecule has 180 valence electrons. The molecule has 0 fully saturated rings. The Labute approximate surface area is 216 Å². The zero-order valence-electron chi connectivity index (χ0n) is 19.3. The van der Waals surface area contributed by atoms with Gasteiger partial charge in [0.15, 0.2) is 5.78 Å². The lowest BCUT2D eigenvalue weighted by Crippen LogP contribution is -2.21. The predicted octanol–water partition coefficient (Wildman–Crippen LogP) is 5.15. The zero-order chi connectivity index (χ0) is 25.1. The van der Waals surface area contributed by atoms with Crippen LogP contribution in [0.25, 0.3) is 11.0 Å². The number of rotatable bonds is 8. The van der Waals surface area contributed by atoms with Crippen LogP contribution < -0.4 is 5.32 Å². The molecule has 0 aliphatic carbocycles. The standard InChI is InChI=1S/C26H21ClN6O2S/c1-16(18-3-2-4-19(27)11-18)25(35)32-26-31-21-6-5-17(10-24(34)22-14-36-15-30-22)9-23(21)33(26)13-20-12-28-7-8-29-20/h2-9,11-12,14-16H,10,13H2,1H3,(H,31,32,35). The first kappa shape index (κ1) is 23.8. The van der Waals surface area contributed by atoms with Gasteiger partial charge in [0.1, 0.15) is 5.69 Å². The molecule has 3 heterocycles. The summed E-state index contributed by atoms with van der Waals surface area (Å²) in [4.78, 5) is 43.1. The maximum atomic E-state index is 13.2. The molecule has 1 amide bonds. The first-order valence-corrected chi connectivity index (χ1v) is 12.5. The highest BCUT2D eigenvalue weighted by atomic mass is 35.5. The van der Waals surface area contributed by atoms with E-state index in [1.165, 1.54) is 11.3 Å². The second-order valence-corrected chi connectivity index (χ2v) is 9.44. The number of anilines is 1. The van der Waals surface area contributed by atoms with Gasteiger partial charge in [-0.05, 0) is 42.3 Å². The lowest BCUT2D eigenvalue weighted by molar-refractivity contribution is -0.117. The molecule has 5 aromatic rings. The quantitative estimate of drug-likeness (QED) is 0.286. The van der Waals surface area contributed by atoms with Crippen LogP contribution in [0.4, 0.5) is 5.95 Å². The molecule has 0 aliphatic rings. The van der Waals surface area contributed by atoms with Crippen LogP contribution >= 0.6 is 22.9 Å². The second kappa shape index (κ2) is 10.3. The Kier molecular flexibility index (Phi) is 6.84. The topological polar surface area (TPSA) is 103 Å². The van der Waals surface area contributed by atoms with Crippen LogP contribution in [0, 0.1) is 0 Å². The summed E-state index contributed by atoms with van der Waals surface area (Å²) in [5.41, 5.74) is 5.90. The number of amides is 1. The van der Waals surface area contributed by atoms with E-state index in [1.54, 1.807) is 41.6 Å². The molecule has 10 heteroatoms. The number of Topliss-reactive ketones (excluding diaryl/α,β-unsaturated/α-hetero) is 1. The maximum absolute atomic E-state index is 13.2. The van der Waals surface area contributed by atoms with Gasteiger partial charge in [0, 0.05) is 29.2 Å². The Hall–Kier alpha value is -3.95. The van der Waals surface area contributed by atoms with E-state index in [-0.39, 0.29) is 18.1 Å². The smallest absolute Gasteiger partial charge is 0.233 e. The summed E-state index contributed by atoms with van der Waals surface area (Å²) in [6.45, 7) is 2.16. The minimum Gasteiger partial charge on any atom is -0.304 e. The third-order valence-corrected chi connectivity index (χ3v) is 6.63. The Balaban J connectivity index is 1.48. The van der Waals surface area contributed by atoms with Gasteiger partial charge in [-0.2, -0.15) is 0 Å². The number of nitrogens with one attached hydrogen (secondary N) is 1. The minimum atomic E-state index is -0.445. The SMILES string of the molecule is CC(C(=O)Nc1nc2ccc(CC(=O)c3cscn3)cc2n1Cc1cnccn1)c1cccc(Cl)c1. The number of benzene rings is 2. The molecule has 8 nitrogen and oxygen atoms in total. The van der Waals surface area contributed by atoms with E-state index >= 15 is 0 Å². The Morgan fingerprint density at radius 1 is 1.14 bits per heavy atom. The molecule has 5 rings (SSSR count). The van der Waals surface area contributed by atoms with Gasteiger partial charge < -0.3 is 4.57 Å². The number of fused-ring (bicyclic) bond motifs is 1. The summed E-state index contributed by atoms with van der Waals surface area (Å²) >= 11 is 7.51. The van der Waals surface area contributed by atoms with Crippen LogP contribution in [0.3, 0.4) is 0 Å². The van der Waals surface area contributed by atoms with Gasteiger partial charge in [0.25, 0.3) is 0 Å². The summed E-state index contributed by atoms with van der Waals surface area (Å²) in [7, 11) is 0. The molecule has 0 saturated heterocycles. The van der Waals surface area contributed by atoms with Gasteiger partial charge in [0.05, 0.1) is 40.9 Å². The normalized spacial score (nSPS) is 11.9. The number of carbonyl (C=O) groups is 2. The Bertz CT molecular complexity index is 1540. The molecule has 36 heavy (non-hydrogen) atoms. The highest BCUT2D eigenvalue weighted by Gasteiger charge is 2.20. The molecule has 0 spiro atoms. The molecule has 0 radical (unpaired) electrons. The van der Waals surface area contributed by atoms with Gasteiger partial charge in [-0.3, -0.25) is 24.9 Å². The van der Waals surface area contributed by atoms with Crippen LogP contribution in [-0.4, -0.2) is 36.2 Å². The van der Waals surface area contributed by atoms with Gasteiger partial charge in [-0.25, -0.2) is 9.97 Å². The summed E-state index contributed by atoms with van der Waals surface area (Å²) < 4.78 is 1.87. The summed E-state index contributed by atoms with van der Waals surface area (Å²) in [6.07, 6.45) is 5.10. The predicted molar refractivity (Wildman–Crippen MR) is 140 cm³/mol. The van der Waals surface area contributed by atoms with Gasteiger partial charge in [0.2, 0.25) is 11.9 Å². The molecule has 0 saturated carbocycles. The second-order valence-electron chi connectivity index (χ2n) is 8.28. The lowest BCUT2D eigenvalue weighted by atomic mass is 10.0. The number of halogens is 1. The van der Waals surface area contributed by atoms with E-state index in [0.717, 1.165) is 16.6 Å². The van der Waals surface area contributed by atoms with Crippen molar-refractivity contribution in [3.63, 3.8) is 0 Å². The molecule has 3 aromatic heterocycles. The first-order valence-electron chi connectivity index (χ1n) is 11.2. The largest absolute Gasteiger partial charge is 0.304 e. The fraction of sp³-hybridized carbons (Fsp3) is 0.154. The van der Waals surface area contributed by atoms with Crippen LogP contribution in [0.5, 0.6) is 0 Å². The number of thiazole rings is 1. The van der Waals surface area contributed by atoms with Crippen molar-refractivity contribution in [1.29, 1.82) is 0 Å². The monoisotopic (exact) mass is 516 g/mol. The molecule has 0 aliphatic heterocycles. The van der Waals surface area contributed by atoms with Crippen molar-refractivity contribution < 1.29 is 9.59 Å². The average molecular weight is 517 g/mol. The third kappa shape index (κ3) is 5.17. The fourth-order valence-electron chi connectivity index (χ4n) is 3.88. The molecule has 0 bridgehead atoms. The average Bonchev–Trinajstić information content (AvgIpc) is 3.53. The fourth-order valence-corrected chi connectivity index (χ4v) is 4.63. The van der Waals surface area contributed by atoms with Crippen molar-refractivity contribution in [2.24, 2.45) is 0 Å². The number of imidazole rings is 1. The van der Waals surface area contributed by atoms with Gasteiger partial charge in [-0.15, -0.1) is 11.3 Å². The highest BCUT2D eigenvalue weighted by molar-refractivity contribution is 7.07. The number of hydrogen-bond donors (Lipinski definition) is 1. The summed E-state index contributed by atoms with van der Waals surface area (Å²) in [6, 6.07) is 12.9. The third-order valence-electron chi connectivity index (χ3n) is 5.81. The van der Waals surface area contributed by atoms with Crippen LogP contribution in [0.1, 0.15) is 40.2 Å². The van der Waals surface area contributed by atoms with Gasteiger partial charge >= 0.3 is 0 Å². The Morgan fingerprint density at radius 2 is 2.03 bits per heavy atom. The van der Waals surface area contributed by atoms with Crippen molar-refractivity contribution in [3.05, 3.63) is 99.5 Å². The van der Waals surface area contributed by atoms with Crippen molar-refractivity contribution in [1.82, 2.24) is 24.5 Å². The van der Waals surface area contributed by atoms with E-state index < -0.39 is 5.92 Å². The van der Waals surface area contributed by atoms with E-state index in [9.17, 15) is 9.59 Å². The first-order chi connectivity index (χ1) is 17.5. The van der Waals surface area contributed by atoms with E-state index in [1.807, 2.05) is 41.8 Å².